The number of H-pyrrole nitrogens is 1. The van der Waals surface area contributed by atoms with Gasteiger partial charge in [0.05, 0.1) is 24.7 Å². The van der Waals surface area contributed by atoms with Gasteiger partial charge in [-0.15, -0.1) is 11.6 Å². The fourth-order valence-corrected chi connectivity index (χ4v) is 5.16. The van der Waals surface area contributed by atoms with Gasteiger partial charge in [-0.2, -0.15) is 0 Å². The Hall–Kier alpha value is -3.33. The van der Waals surface area contributed by atoms with E-state index in [9.17, 15) is 14.3 Å². The summed E-state index contributed by atoms with van der Waals surface area (Å²) < 4.78 is 24.7. The number of fused-ring (bicyclic) bond motifs is 3. The van der Waals surface area contributed by atoms with Crippen LogP contribution >= 0.6 is 11.6 Å². The van der Waals surface area contributed by atoms with Gasteiger partial charge in [-0.05, 0) is 59.9 Å². The smallest absolute Gasteiger partial charge is 0.416 e. The van der Waals surface area contributed by atoms with E-state index in [0.29, 0.717) is 25.1 Å². The van der Waals surface area contributed by atoms with Crippen LogP contribution in [0.3, 0.4) is 0 Å². The number of aliphatic hydroxyl groups is 2. The van der Waals surface area contributed by atoms with E-state index in [0.717, 1.165) is 27.4 Å². The average Bonchev–Trinajstić information content (AvgIpc) is 3.27. The Morgan fingerprint density at radius 3 is 2.58 bits per heavy atom. The number of halogens is 2. The summed E-state index contributed by atoms with van der Waals surface area (Å²) in [5, 5.41) is 20.5. The number of aliphatic hydroxyl groups excluding tert-OH is 2. The Morgan fingerprint density at radius 1 is 1.16 bits per heavy atom. The highest BCUT2D eigenvalue weighted by Gasteiger charge is 2.36. The second-order valence-corrected chi connectivity index (χ2v) is 10.2. The number of benzene rings is 2. The zero-order chi connectivity index (χ0) is 26.8. The summed E-state index contributed by atoms with van der Waals surface area (Å²) in [6, 6.07) is 12.3. The highest BCUT2D eigenvalue weighted by atomic mass is 35.5. The molecular weight excluding hydrogens is 511 g/mol. The number of alkyl halides is 1. The molecule has 7 nitrogen and oxygen atoms in total. The van der Waals surface area contributed by atoms with Gasteiger partial charge >= 0.3 is 6.09 Å². The SMILES string of the molecule is CC1C=c2[nH]c3c(c2=CC1Cl)CCN(C(=O)Oc1ccc(F)cc1)C3c1ccc(OCC[C@H](O)CO)cc1. The Labute approximate surface area is 224 Å². The van der Waals surface area contributed by atoms with Crippen molar-refractivity contribution in [1.82, 2.24) is 9.88 Å². The average molecular weight is 541 g/mol. The summed E-state index contributed by atoms with van der Waals surface area (Å²) in [4.78, 5) is 18.6. The minimum atomic E-state index is -0.821. The number of aromatic amines is 1. The third-order valence-electron chi connectivity index (χ3n) is 7.03. The molecule has 2 aliphatic rings. The summed E-state index contributed by atoms with van der Waals surface area (Å²) in [6.45, 7) is 2.45. The summed E-state index contributed by atoms with van der Waals surface area (Å²) in [6.07, 6.45) is 3.80. The first-order valence-electron chi connectivity index (χ1n) is 12.7. The van der Waals surface area contributed by atoms with Gasteiger partial charge in [0.25, 0.3) is 0 Å². The number of hydrogen-bond donors (Lipinski definition) is 3. The Bertz CT molecular complexity index is 1410. The highest BCUT2D eigenvalue weighted by Crippen LogP contribution is 2.34. The standard InChI is InChI=1S/C29H30ClFN2O5/c1-17-14-26-24(15-25(17)30)23-10-12-33(29(36)38-22-8-4-19(31)5-9-22)28(27(23)32-26)18-2-6-21(7-3-18)37-13-11-20(35)16-34/h2-9,14-15,17,20,25,28,32,34-35H,10-13,16H2,1H3/t17?,20-,25?,28?/m0/s1. The van der Waals surface area contributed by atoms with Crippen LogP contribution in [0.1, 0.15) is 36.2 Å². The third kappa shape index (κ3) is 5.43. The Morgan fingerprint density at radius 2 is 1.87 bits per heavy atom. The van der Waals surface area contributed by atoms with Gasteiger partial charge in [0, 0.05) is 29.2 Å². The van der Waals surface area contributed by atoms with Crippen molar-refractivity contribution in [2.24, 2.45) is 5.92 Å². The molecule has 1 amide bonds. The topological polar surface area (TPSA) is 95.0 Å². The van der Waals surface area contributed by atoms with Gasteiger partial charge < -0.3 is 24.7 Å². The second kappa shape index (κ2) is 11.2. The van der Waals surface area contributed by atoms with Crippen LogP contribution in [0.5, 0.6) is 11.5 Å². The van der Waals surface area contributed by atoms with Crippen LogP contribution in [0.15, 0.2) is 48.5 Å². The van der Waals surface area contributed by atoms with Gasteiger partial charge in [0.15, 0.2) is 0 Å². The van der Waals surface area contributed by atoms with Crippen molar-refractivity contribution in [2.75, 3.05) is 19.8 Å². The van der Waals surface area contributed by atoms with Gasteiger partial charge in [-0.1, -0.05) is 31.2 Å². The van der Waals surface area contributed by atoms with Gasteiger partial charge in [0.2, 0.25) is 0 Å². The molecule has 9 heteroatoms. The molecule has 1 aromatic heterocycles. The molecule has 5 rings (SSSR count). The molecule has 0 spiro atoms. The van der Waals surface area contributed by atoms with E-state index in [-0.39, 0.29) is 30.3 Å². The molecule has 3 N–H and O–H groups in total. The maximum Gasteiger partial charge on any atom is 0.416 e. The quantitative estimate of drug-likeness (QED) is 0.400. The molecule has 1 aliphatic heterocycles. The maximum absolute atomic E-state index is 13.4. The number of hydrogen-bond acceptors (Lipinski definition) is 5. The van der Waals surface area contributed by atoms with Crippen molar-refractivity contribution in [3.63, 3.8) is 0 Å². The molecule has 1 aliphatic carbocycles. The lowest BCUT2D eigenvalue weighted by Crippen LogP contribution is -2.43. The summed E-state index contributed by atoms with van der Waals surface area (Å²) >= 11 is 6.56. The summed E-state index contributed by atoms with van der Waals surface area (Å²) in [7, 11) is 0. The number of nitrogens with one attached hydrogen (secondary N) is 1. The number of carbonyl (C=O) groups excluding carboxylic acids is 1. The first kappa shape index (κ1) is 26.3. The number of nitrogens with zero attached hydrogens (tertiary/aromatic N) is 1. The van der Waals surface area contributed by atoms with Crippen LogP contribution in [-0.4, -0.2) is 57.4 Å². The Kier molecular flexibility index (Phi) is 7.74. The first-order valence-corrected chi connectivity index (χ1v) is 13.1. The maximum atomic E-state index is 13.4. The van der Waals surface area contributed by atoms with E-state index < -0.39 is 24.1 Å². The normalized spacial score (nSPS) is 21.0. The number of rotatable bonds is 7. The van der Waals surface area contributed by atoms with Crippen molar-refractivity contribution < 1.29 is 28.9 Å². The molecular formula is C29H30ClFN2O5. The van der Waals surface area contributed by atoms with Gasteiger partial charge in [-0.25, -0.2) is 9.18 Å². The number of amides is 1. The fourth-order valence-electron chi connectivity index (χ4n) is 4.96. The van der Waals surface area contributed by atoms with Gasteiger partial charge in [0.1, 0.15) is 23.4 Å². The minimum Gasteiger partial charge on any atom is -0.493 e. The van der Waals surface area contributed by atoms with Crippen LogP contribution in [-0.2, 0) is 6.42 Å². The molecule has 200 valence electrons. The third-order valence-corrected chi connectivity index (χ3v) is 7.56. The zero-order valence-corrected chi connectivity index (χ0v) is 21.7. The summed E-state index contributed by atoms with van der Waals surface area (Å²) in [5.74, 6) is 0.639. The number of carbonyl (C=O) groups is 1. The lowest BCUT2D eigenvalue weighted by molar-refractivity contribution is 0.0754. The first-order chi connectivity index (χ1) is 18.3. The molecule has 3 unspecified atom stereocenters. The van der Waals surface area contributed by atoms with Crippen LogP contribution in [0.2, 0.25) is 0 Å². The highest BCUT2D eigenvalue weighted by molar-refractivity contribution is 6.24. The van der Waals surface area contributed by atoms with Crippen LogP contribution < -0.4 is 20.0 Å². The molecule has 0 saturated heterocycles. The Balaban J connectivity index is 1.47. The van der Waals surface area contributed by atoms with E-state index >= 15 is 0 Å². The van der Waals surface area contributed by atoms with Crippen molar-refractivity contribution in [2.45, 2.75) is 37.3 Å². The van der Waals surface area contributed by atoms with E-state index in [1.54, 1.807) is 4.90 Å². The van der Waals surface area contributed by atoms with E-state index in [1.165, 1.54) is 24.3 Å². The minimum absolute atomic E-state index is 0.108. The summed E-state index contributed by atoms with van der Waals surface area (Å²) in [5.41, 5.74) is 2.89. The molecule has 3 aromatic rings. The second-order valence-electron chi connectivity index (χ2n) is 9.69. The van der Waals surface area contributed by atoms with Crippen molar-refractivity contribution in [3.8, 4) is 11.5 Å². The van der Waals surface area contributed by atoms with Crippen molar-refractivity contribution in [3.05, 3.63) is 81.7 Å². The van der Waals surface area contributed by atoms with Crippen LogP contribution in [0, 0.1) is 11.7 Å². The number of aromatic nitrogens is 1. The van der Waals surface area contributed by atoms with Crippen LogP contribution in [0.4, 0.5) is 9.18 Å². The molecule has 0 saturated carbocycles. The fraction of sp³-hybridized carbons (Fsp3) is 0.345. The van der Waals surface area contributed by atoms with E-state index in [1.807, 2.05) is 24.3 Å². The lowest BCUT2D eigenvalue weighted by Gasteiger charge is -2.35. The molecule has 38 heavy (non-hydrogen) atoms. The van der Waals surface area contributed by atoms with Gasteiger partial charge in [-0.3, -0.25) is 4.90 Å². The predicted octanol–water partition coefficient (Wildman–Crippen LogP) is 3.24. The molecule has 2 heterocycles. The zero-order valence-electron chi connectivity index (χ0n) is 20.9. The lowest BCUT2D eigenvalue weighted by atomic mass is 9.92. The molecule has 0 bridgehead atoms. The van der Waals surface area contributed by atoms with Crippen molar-refractivity contribution >= 4 is 29.8 Å². The monoisotopic (exact) mass is 540 g/mol. The predicted molar refractivity (Wildman–Crippen MR) is 142 cm³/mol. The van der Waals surface area contributed by atoms with E-state index in [2.05, 4.69) is 24.1 Å². The molecule has 0 radical (unpaired) electrons. The van der Waals surface area contributed by atoms with E-state index in [4.69, 9.17) is 26.2 Å². The molecule has 4 atom stereocenters. The largest absolute Gasteiger partial charge is 0.493 e. The van der Waals surface area contributed by atoms with Crippen LogP contribution in [0.25, 0.3) is 12.2 Å². The molecule has 2 aromatic carbocycles. The van der Waals surface area contributed by atoms with Crippen molar-refractivity contribution in [1.29, 1.82) is 0 Å². The molecule has 0 fully saturated rings. The number of ether oxygens (including phenoxy) is 2.